The maximum atomic E-state index is 6.50. The number of anilines is 1. The number of nitrogen functional groups attached to an aromatic ring is 1. The van der Waals surface area contributed by atoms with Crippen molar-refractivity contribution in [2.24, 2.45) is 10.9 Å². The smallest absolute Gasteiger partial charge is 0.122 e. The van der Waals surface area contributed by atoms with E-state index in [2.05, 4.69) is 43.6 Å². The summed E-state index contributed by atoms with van der Waals surface area (Å²) < 4.78 is 15.6. The lowest BCUT2D eigenvalue weighted by Gasteiger charge is -2.07. The van der Waals surface area contributed by atoms with Crippen LogP contribution < -0.4 is 25.8 Å². The maximum absolute atomic E-state index is 6.50. The van der Waals surface area contributed by atoms with Crippen LogP contribution in [-0.2, 0) is 19.3 Å². The number of hydrogen-bond donors (Lipinski definition) is 4. The number of nitrogens with one attached hydrogen (secondary N) is 1. The second kappa shape index (κ2) is 25.8. The first-order valence-corrected chi connectivity index (χ1v) is 14.3. The lowest BCUT2D eigenvalue weighted by atomic mass is 10.1. The van der Waals surface area contributed by atoms with Gasteiger partial charge in [-0.15, -0.1) is 19.7 Å². The number of ether oxygens (including phenoxy) is 3. The van der Waals surface area contributed by atoms with Crippen LogP contribution in [0.1, 0.15) is 49.9 Å². The van der Waals surface area contributed by atoms with Gasteiger partial charge in [-0.3, -0.25) is 4.99 Å². The summed E-state index contributed by atoms with van der Waals surface area (Å²) in [6, 6.07) is 17.7. The molecule has 0 unspecified atom stereocenters. The normalized spacial score (nSPS) is 8.93. The van der Waals surface area contributed by atoms with E-state index in [-0.39, 0.29) is 0 Å². The van der Waals surface area contributed by atoms with E-state index in [1.165, 1.54) is 11.1 Å². The number of allylic oxidation sites excluding steroid dienone is 3. The molecule has 0 bridgehead atoms. The van der Waals surface area contributed by atoms with E-state index in [1.54, 1.807) is 35.2 Å². The van der Waals surface area contributed by atoms with Crippen molar-refractivity contribution in [3.8, 4) is 17.2 Å². The van der Waals surface area contributed by atoms with Crippen LogP contribution in [0, 0.1) is 12.3 Å². The van der Waals surface area contributed by atoms with Crippen LogP contribution in [0.4, 0.5) is 11.4 Å². The molecule has 3 aromatic carbocycles. The van der Waals surface area contributed by atoms with Crippen LogP contribution in [0.3, 0.4) is 0 Å². The summed E-state index contributed by atoms with van der Waals surface area (Å²) in [7, 11) is 5.02. The molecule has 8 heteroatoms. The Labute approximate surface area is 271 Å². The zero-order valence-electron chi connectivity index (χ0n) is 28.4. The Morgan fingerprint density at radius 1 is 0.711 bits per heavy atom. The predicted molar refractivity (Wildman–Crippen MR) is 193 cm³/mol. The lowest BCUT2D eigenvalue weighted by Crippen LogP contribution is -1.93. The van der Waals surface area contributed by atoms with Gasteiger partial charge in [0.2, 0.25) is 0 Å². The average Bonchev–Trinajstić information content (AvgIpc) is 2.99. The third kappa shape index (κ3) is 19.3. The van der Waals surface area contributed by atoms with Gasteiger partial charge in [-0.25, -0.2) is 5.90 Å². The van der Waals surface area contributed by atoms with E-state index >= 15 is 0 Å². The molecule has 8 nitrogen and oxygen atoms in total. The Balaban J connectivity index is 0. The number of methoxy groups -OCH3 is 3. The van der Waals surface area contributed by atoms with Crippen molar-refractivity contribution in [1.29, 1.82) is 5.41 Å². The first-order valence-electron chi connectivity index (χ1n) is 14.3. The lowest BCUT2D eigenvalue weighted by molar-refractivity contribution is 0.311. The second-order valence-corrected chi connectivity index (χ2v) is 9.92. The molecular weight excluding hydrogens is 564 g/mol. The molecule has 3 aromatic rings. The molecular formula is C37H54N4O4. The molecule has 3 rings (SSSR count). The van der Waals surface area contributed by atoms with Gasteiger partial charge in [0.15, 0.2) is 0 Å². The largest absolute Gasteiger partial charge is 0.496 e. The molecule has 246 valence electrons. The highest BCUT2D eigenvalue weighted by atomic mass is 16.5. The Bertz CT molecular complexity index is 1280. The van der Waals surface area contributed by atoms with Crippen LogP contribution >= 0.6 is 0 Å². The second-order valence-electron chi connectivity index (χ2n) is 9.92. The molecule has 0 aliphatic carbocycles. The van der Waals surface area contributed by atoms with Crippen molar-refractivity contribution in [1.82, 2.24) is 0 Å². The maximum Gasteiger partial charge on any atom is 0.122 e. The zero-order chi connectivity index (χ0) is 34.8. The number of benzene rings is 3. The highest BCUT2D eigenvalue weighted by Gasteiger charge is 2.03. The summed E-state index contributed by atoms with van der Waals surface area (Å²) in [5.41, 5.74) is 13.7. The van der Waals surface area contributed by atoms with Gasteiger partial charge in [0.05, 0.1) is 27.0 Å². The summed E-state index contributed by atoms with van der Waals surface area (Å²) >= 11 is 0. The van der Waals surface area contributed by atoms with Crippen molar-refractivity contribution >= 4 is 22.8 Å². The number of aliphatic imine (C=N–C) groups is 1. The van der Waals surface area contributed by atoms with Crippen LogP contribution in [0.25, 0.3) is 0 Å². The Morgan fingerprint density at radius 3 is 1.49 bits per heavy atom. The summed E-state index contributed by atoms with van der Waals surface area (Å²) in [6.07, 6.45) is 8.03. The molecule has 0 amide bonds. The minimum atomic E-state index is 0.667. The van der Waals surface area contributed by atoms with Crippen molar-refractivity contribution in [3.05, 3.63) is 115 Å². The molecule has 0 atom stereocenters. The number of nitrogens with two attached hydrogens (primary N) is 2. The first-order chi connectivity index (χ1) is 21.4. The summed E-state index contributed by atoms with van der Waals surface area (Å²) in [4.78, 5) is 4.40. The highest BCUT2D eigenvalue weighted by molar-refractivity contribution is 5.82. The van der Waals surface area contributed by atoms with Gasteiger partial charge >= 0.3 is 0 Å². The van der Waals surface area contributed by atoms with Crippen LogP contribution in [0.5, 0.6) is 17.2 Å². The van der Waals surface area contributed by atoms with Crippen molar-refractivity contribution in [3.63, 3.8) is 0 Å². The van der Waals surface area contributed by atoms with Crippen molar-refractivity contribution < 1.29 is 19.4 Å². The molecule has 0 fully saturated rings. The zero-order valence-corrected chi connectivity index (χ0v) is 28.4. The molecule has 0 saturated carbocycles. The average molecular weight is 619 g/mol. The summed E-state index contributed by atoms with van der Waals surface area (Å²) in [6.45, 7) is 20.6. The molecule has 0 aliphatic heterocycles. The third-order valence-corrected chi connectivity index (χ3v) is 5.45. The molecule has 45 heavy (non-hydrogen) atoms. The quantitative estimate of drug-likeness (QED) is 0.0777. The van der Waals surface area contributed by atoms with E-state index < -0.39 is 0 Å². The molecule has 6 N–H and O–H groups in total. The van der Waals surface area contributed by atoms with Gasteiger partial charge in [0, 0.05) is 17.1 Å². The fraction of sp³-hybridized carbons (Fsp3) is 0.297. The predicted octanol–water partition coefficient (Wildman–Crippen LogP) is 8.65. The Hall–Kier alpha value is -4.66. The minimum absolute atomic E-state index is 0.667. The fourth-order valence-electron chi connectivity index (χ4n) is 3.74. The number of aryl methyl sites for hydroxylation is 1. The van der Waals surface area contributed by atoms with Crippen LogP contribution in [0.2, 0.25) is 0 Å². The standard InChI is InChI=1S/C13H17NO.C11H14O.C10H13NO.C3H7N.H3NO/c1-5-6-11-9-12(14-10(2)3)7-8-13(11)15-4;1-4-5-10-8-9(2)6-7-11(10)12-3;1-3-4-8-7-9(11)5-6-10(8)12-2;1-3(2)4;1-2/h5,7-9H,1,6H2,2-4H3;4,6-8H,1,5H2,2-3H3;3,5-7H,1,4,11H2,2H3;4H,1-2H3;2H,1H2. The van der Waals surface area contributed by atoms with Gasteiger partial charge < -0.3 is 30.6 Å². The monoisotopic (exact) mass is 618 g/mol. The minimum Gasteiger partial charge on any atom is -0.496 e. The van der Waals surface area contributed by atoms with Gasteiger partial charge in [-0.2, -0.15) is 0 Å². The van der Waals surface area contributed by atoms with Crippen LogP contribution in [-0.4, -0.2) is 38.0 Å². The van der Waals surface area contributed by atoms with Gasteiger partial charge in [0.1, 0.15) is 17.2 Å². The van der Waals surface area contributed by atoms with Crippen LogP contribution in [0.15, 0.2) is 97.6 Å². The summed E-state index contributed by atoms with van der Waals surface area (Å²) in [5.74, 6) is 6.20. The first kappa shape index (κ1) is 42.5. The topological polar surface area (TPSA) is 136 Å². The summed E-state index contributed by atoms with van der Waals surface area (Å²) in [5, 5.41) is 13.0. The molecule has 0 saturated heterocycles. The molecule has 0 spiro atoms. The van der Waals surface area contributed by atoms with E-state index in [9.17, 15) is 0 Å². The van der Waals surface area contributed by atoms with Gasteiger partial charge in [0.25, 0.3) is 0 Å². The van der Waals surface area contributed by atoms with E-state index in [0.717, 1.165) is 64.7 Å². The highest BCUT2D eigenvalue weighted by Crippen LogP contribution is 2.25. The van der Waals surface area contributed by atoms with Crippen molar-refractivity contribution in [2.45, 2.75) is 53.9 Å². The Kier molecular flexibility index (Phi) is 24.4. The van der Waals surface area contributed by atoms with E-state index in [0.29, 0.717) is 5.71 Å². The van der Waals surface area contributed by atoms with E-state index in [4.69, 9.17) is 30.6 Å². The molecule has 0 heterocycles. The molecule has 0 aliphatic rings. The number of rotatable bonds is 10. The van der Waals surface area contributed by atoms with Gasteiger partial charge in [-0.05, 0) is 113 Å². The fourth-order valence-corrected chi connectivity index (χ4v) is 3.74. The molecule has 0 radical (unpaired) electrons. The van der Waals surface area contributed by atoms with E-state index in [1.807, 2.05) is 80.6 Å². The molecule has 0 aromatic heterocycles. The number of nitrogens with zero attached hydrogens (tertiary/aromatic N) is 1. The third-order valence-electron chi connectivity index (χ3n) is 5.45. The Morgan fingerprint density at radius 2 is 1.09 bits per heavy atom. The van der Waals surface area contributed by atoms with Crippen molar-refractivity contribution in [2.75, 3.05) is 27.1 Å². The number of hydrogen-bond acceptors (Lipinski definition) is 8. The SMILES string of the molecule is C=CCc1cc(C)ccc1OC.C=CCc1cc(N)ccc1OC.C=CCc1cc(N=C(C)C)ccc1OC.CC(C)=N.NO. The van der Waals surface area contributed by atoms with Gasteiger partial charge in [-0.1, -0.05) is 35.9 Å².